The molecular weight excluding hydrogens is 360 g/mol. The fourth-order valence-corrected chi connectivity index (χ4v) is 3.58. The first-order valence-corrected chi connectivity index (χ1v) is 9.72. The van der Waals surface area contributed by atoms with Gasteiger partial charge in [0.15, 0.2) is 5.69 Å². The van der Waals surface area contributed by atoms with E-state index in [4.69, 9.17) is 9.47 Å². The van der Waals surface area contributed by atoms with Crippen LogP contribution in [0.25, 0.3) is 11.3 Å². The minimum Gasteiger partial charge on any atom is -0.710 e. The Morgan fingerprint density at radius 1 is 0.929 bits per heavy atom. The van der Waals surface area contributed by atoms with Crippen LogP contribution < -0.4 is 4.73 Å². The average Bonchev–Trinajstić information content (AvgIpc) is 2.75. The highest BCUT2D eigenvalue weighted by molar-refractivity contribution is 5.66. The first-order valence-electron chi connectivity index (χ1n) is 9.72. The Bertz CT molecular complexity index is 791. The molecule has 1 aromatic carbocycles. The number of ether oxygens (including phenoxy) is 2. The summed E-state index contributed by atoms with van der Waals surface area (Å²) in [4.78, 5) is 8.85. The van der Waals surface area contributed by atoms with E-state index in [1.54, 1.807) is 0 Å². The van der Waals surface area contributed by atoms with E-state index >= 15 is 0 Å². The lowest BCUT2D eigenvalue weighted by molar-refractivity contribution is -0.629. The molecule has 1 aromatic heterocycles. The first-order chi connectivity index (χ1) is 13.7. The molecule has 8 nitrogen and oxygen atoms in total. The lowest BCUT2D eigenvalue weighted by Crippen LogP contribution is -2.46. The Hall–Kier alpha value is -2.26. The largest absolute Gasteiger partial charge is 0.710 e. The monoisotopic (exact) mass is 386 g/mol. The van der Waals surface area contributed by atoms with Crippen LogP contribution in [0.1, 0.15) is 11.5 Å². The van der Waals surface area contributed by atoms with E-state index in [1.807, 2.05) is 30.3 Å². The average molecular weight is 386 g/mol. The Morgan fingerprint density at radius 2 is 1.50 bits per heavy atom. The van der Waals surface area contributed by atoms with Crippen molar-refractivity contribution in [2.24, 2.45) is 0 Å². The molecule has 0 bridgehead atoms. The highest BCUT2D eigenvalue weighted by Crippen LogP contribution is 2.30. The summed E-state index contributed by atoms with van der Waals surface area (Å²) in [5.74, 6) is 0.361. The fraction of sp³-hybridized carbons (Fsp3) is 0.500. The summed E-state index contributed by atoms with van der Waals surface area (Å²) in [6.45, 7) is 6.40. The Labute approximate surface area is 164 Å². The van der Waals surface area contributed by atoms with Gasteiger partial charge in [0.2, 0.25) is 11.4 Å². The number of hydrogen-bond donors (Lipinski definition) is 1. The molecule has 28 heavy (non-hydrogen) atoms. The van der Waals surface area contributed by atoms with Gasteiger partial charge >= 0.3 is 5.82 Å². The highest BCUT2D eigenvalue weighted by Gasteiger charge is 2.28. The number of aromatic hydroxyl groups is 1. The summed E-state index contributed by atoms with van der Waals surface area (Å²) < 4.78 is 11.6. The predicted molar refractivity (Wildman–Crippen MR) is 102 cm³/mol. The van der Waals surface area contributed by atoms with Gasteiger partial charge in [0, 0.05) is 31.7 Å². The van der Waals surface area contributed by atoms with Crippen molar-refractivity contribution < 1.29 is 19.3 Å². The van der Waals surface area contributed by atoms with Crippen molar-refractivity contribution in [3.05, 3.63) is 47.1 Å². The maximum Gasteiger partial charge on any atom is 0.316 e. The minimum atomic E-state index is -0.0431. The molecule has 0 atom stereocenters. The van der Waals surface area contributed by atoms with Crippen LogP contribution in [0.5, 0.6) is 5.75 Å². The van der Waals surface area contributed by atoms with Crippen molar-refractivity contribution in [3.8, 4) is 17.0 Å². The van der Waals surface area contributed by atoms with Gasteiger partial charge in [-0.25, -0.2) is 4.73 Å². The second-order valence-electron chi connectivity index (χ2n) is 7.11. The zero-order chi connectivity index (χ0) is 19.3. The number of rotatable bonds is 5. The molecule has 0 aliphatic carbocycles. The maximum atomic E-state index is 13.1. The summed E-state index contributed by atoms with van der Waals surface area (Å²) in [5, 5.41) is 24.0. The van der Waals surface area contributed by atoms with Crippen molar-refractivity contribution >= 4 is 0 Å². The van der Waals surface area contributed by atoms with Crippen LogP contribution in [-0.4, -0.2) is 72.5 Å². The molecule has 0 unspecified atom stereocenters. The van der Waals surface area contributed by atoms with Gasteiger partial charge in [0.05, 0.1) is 33.0 Å². The van der Waals surface area contributed by atoms with Gasteiger partial charge in [-0.05, 0) is 4.98 Å². The molecule has 1 N–H and O–H groups in total. The van der Waals surface area contributed by atoms with Crippen molar-refractivity contribution in [2.45, 2.75) is 13.1 Å². The number of aromatic nitrogens is 2. The third-order valence-corrected chi connectivity index (χ3v) is 5.21. The molecule has 2 aliphatic heterocycles. The normalized spacial score (nSPS) is 19.0. The van der Waals surface area contributed by atoms with Crippen LogP contribution in [0, 0.1) is 5.21 Å². The molecule has 2 aromatic rings. The summed E-state index contributed by atoms with van der Waals surface area (Å²) in [5.41, 5.74) is 1.60. The molecule has 2 saturated heterocycles. The van der Waals surface area contributed by atoms with E-state index in [1.165, 1.54) is 0 Å². The third kappa shape index (κ3) is 4.25. The van der Waals surface area contributed by atoms with Gasteiger partial charge in [-0.2, -0.15) is 0 Å². The fourth-order valence-electron chi connectivity index (χ4n) is 3.58. The number of morpholine rings is 2. The molecule has 3 heterocycles. The first kappa shape index (κ1) is 19.1. The molecular formula is C20H26N4O4. The van der Waals surface area contributed by atoms with E-state index in [9.17, 15) is 10.3 Å². The molecule has 0 amide bonds. The summed E-state index contributed by atoms with van der Waals surface area (Å²) in [6.07, 6.45) is 0. The van der Waals surface area contributed by atoms with Crippen molar-refractivity contribution in [1.82, 2.24) is 14.8 Å². The minimum absolute atomic E-state index is 0.0431. The molecule has 8 heteroatoms. The number of hydrogen-bond acceptors (Lipinski definition) is 7. The van der Waals surface area contributed by atoms with Gasteiger partial charge in [-0.15, -0.1) is 0 Å². The van der Waals surface area contributed by atoms with Crippen LogP contribution in [0.3, 0.4) is 0 Å². The van der Waals surface area contributed by atoms with Crippen LogP contribution in [0.15, 0.2) is 30.3 Å². The molecule has 2 fully saturated rings. The van der Waals surface area contributed by atoms with Gasteiger partial charge < -0.3 is 19.8 Å². The Kier molecular flexibility index (Phi) is 6.01. The van der Waals surface area contributed by atoms with E-state index in [2.05, 4.69) is 14.8 Å². The summed E-state index contributed by atoms with van der Waals surface area (Å²) >= 11 is 0. The van der Waals surface area contributed by atoms with E-state index in [0.717, 1.165) is 36.5 Å². The lowest BCUT2D eigenvalue weighted by atomic mass is 10.1. The van der Waals surface area contributed by atoms with Crippen LogP contribution in [-0.2, 0) is 22.6 Å². The smallest absolute Gasteiger partial charge is 0.316 e. The van der Waals surface area contributed by atoms with Crippen molar-refractivity contribution in [1.29, 1.82) is 0 Å². The second kappa shape index (κ2) is 8.83. The molecule has 0 spiro atoms. The van der Waals surface area contributed by atoms with E-state index in [0.29, 0.717) is 56.7 Å². The maximum absolute atomic E-state index is 13.1. The van der Waals surface area contributed by atoms with Crippen molar-refractivity contribution in [2.75, 3.05) is 52.6 Å². The summed E-state index contributed by atoms with van der Waals surface area (Å²) in [6, 6.07) is 9.51. The SMILES string of the molecule is [O-][n+]1c(CN2CCOCC2)nc(-c2ccccc2)c(O)c1CN1CCOCC1. The molecule has 2 aliphatic rings. The molecule has 150 valence electrons. The lowest BCUT2D eigenvalue weighted by Gasteiger charge is -2.28. The van der Waals surface area contributed by atoms with Gasteiger partial charge in [-0.1, -0.05) is 30.3 Å². The van der Waals surface area contributed by atoms with Gasteiger partial charge in [0.25, 0.3) is 0 Å². The highest BCUT2D eigenvalue weighted by atomic mass is 16.5. The topological polar surface area (TPSA) is 85.0 Å². The number of nitrogens with zero attached hydrogens (tertiary/aromatic N) is 4. The van der Waals surface area contributed by atoms with Crippen molar-refractivity contribution in [3.63, 3.8) is 0 Å². The number of benzene rings is 1. The van der Waals surface area contributed by atoms with Crippen LogP contribution in [0.4, 0.5) is 0 Å². The van der Waals surface area contributed by atoms with Gasteiger partial charge in [-0.3, -0.25) is 9.80 Å². The zero-order valence-corrected chi connectivity index (χ0v) is 15.9. The Morgan fingerprint density at radius 3 is 2.11 bits per heavy atom. The zero-order valence-electron chi connectivity index (χ0n) is 15.9. The standard InChI is InChI=1S/C20H26N4O4/c25-20-17(14-22-6-10-27-11-7-22)24(26)18(15-23-8-12-28-13-9-23)21-19(20)16-4-2-1-3-5-16/h1-5,25H,6-15H2. The van der Waals surface area contributed by atoms with Crippen LogP contribution in [0.2, 0.25) is 0 Å². The molecule has 0 saturated carbocycles. The third-order valence-electron chi connectivity index (χ3n) is 5.21. The molecule has 4 rings (SSSR count). The second-order valence-corrected chi connectivity index (χ2v) is 7.11. The van der Waals surface area contributed by atoms with E-state index in [-0.39, 0.29) is 5.75 Å². The predicted octanol–water partition coefficient (Wildman–Crippen LogP) is 0.752. The summed E-state index contributed by atoms with van der Waals surface area (Å²) in [7, 11) is 0. The van der Waals surface area contributed by atoms with Crippen LogP contribution >= 0.6 is 0 Å². The molecule has 0 radical (unpaired) electrons. The Balaban J connectivity index is 1.70. The van der Waals surface area contributed by atoms with Gasteiger partial charge in [0.1, 0.15) is 6.54 Å². The quantitative estimate of drug-likeness (QED) is 0.600. The van der Waals surface area contributed by atoms with E-state index < -0.39 is 0 Å².